The SMILES string of the molecule is CCC(CCCCCCCCCCl)OC(CC)CCCCCCCCCCl. The van der Waals surface area contributed by atoms with Crippen molar-refractivity contribution in [2.24, 2.45) is 0 Å². The summed E-state index contributed by atoms with van der Waals surface area (Å²) in [5.41, 5.74) is 0. The normalized spacial score (nSPS) is 13.8. The smallest absolute Gasteiger partial charge is 0.0576 e. The third-order valence-electron chi connectivity index (χ3n) is 5.62. The lowest BCUT2D eigenvalue weighted by molar-refractivity contribution is -0.0257. The van der Waals surface area contributed by atoms with Gasteiger partial charge < -0.3 is 4.74 Å². The Labute approximate surface area is 181 Å². The van der Waals surface area contributed by atoms with Crippen molar-refractivity contribution in [1.29, 1.82) is 0 Å². The zero-order chi connectivity index (χ0) is 20.0. The number of hydrogen-bond acceptors (Lipinski definition) is 1. The molecule has 0 aliphatic carbocycles. The first-order valence-electron chi connectivity index (χ1n) is 12.1. The van der Waals surface area contributed by atoms with E-state index in [1.54, 1.807) is 0 Å². The fraction of sp³-hybridized carbons (Fsp3) is 1.00. The Morgan fingerprint density at radius 1 is 0.481 bits per heavy atom. The highest BCUT2D eigenvalue weighted by Crippen LogP contribution is 2.19. The van der Waals surface area contributed by atoms with E-state index in [0.717, 1.165) is 24.6 Å². The maximum absolute atomic E-state index is 6.44. The van der Waals surface area contributed by atoms with E-state index in [1.807, 2.05) is 0 Å². The molecule has 0 aliphatic heterocycles. The van der Waals surface area contributed by atoms with E-state index in [4.69, 9.17) is 27.9 Å². The molecule has 0 bridgehead atoms. The van der Waals surface area contributed by atoms with Gasteiger partial charge in [-0.1, -0.05) is 90.9 Å². The van der Waals surface area contributed by atoms with E-state index >= 15 is 0 Å². The molecule has 0 aliphatic rings. The highest BCUT2D eigenvalue weighted by molar-refractivity contribution is 6.18. The molecule has 0 amide bonds. The number of hydrogen-bond donors (Lipinski definition) is 0. The molecule has 0 spiro atoms. The Kier molecular flexibility index (Phi) is 23.3. The first-order chi connectivity index (χ1) is 13.3. The van der Waals surface area contributed by atoms with Crippen molar-refractivity contribution in [1.82, 2.24) is 0 Å². The van der Waals surface area contributed by atoms with Crippen LogP contribution < -0.4 is 0 Å². The van der Waals surface area contributed by atoms with Crippen LogP contribution in [0.3, 0.4) is 0 Å². The molecule has 0 rings (SSSR count). The molecule has 0 fully saturated rings. The molecule has 1 nitrogen and oxygen atoms in total. The van der Waals surface area contributed by atoms with Crippen LogP contribution in [0, 0.1) is 0 Å². The van der Waals surface area contributed by atoms with E-state index in [-0.39, 0.29) is 0 Å². The van der Waals surface area contributed by atoms with Crippen LogP contribution in [0.4, 0.5) is 0 Å². The van der Waals surface area contributed by atoms with Crippen molar-refractivity contribution in [2.45, 2.75) is 142 Å². The van der Waals surface area contributed by atoms with Crippen LogP contribution in [0.25, 0.3) is 0 Å². The minimum absolute atomic E-state index is 0.474. The van der Waals surface area contributed by atoms with E-state index in [2.05, 4.69) is 13.8 Å². The molecule has 3 heteroatoms. The molecule has 0 saturated carbocycles. The number of alkyl halides is 2. The topological polar surface area (TPSA) is 9.23 Å². The second-order valence-corrected chi connectivity index (χ2v) is 8.86. The Morgan fingerprint density at radius 2 is 0.778 bits per heavy atom. The van der Waals surface area contributed by atoms with E-state index in [1.165, 1.54) is 103 Å². The third kappa shape index (κ3) is 19.6. The third-order valence-corrected chi connectivity index (χ3v) is 6.15. The minimum atomic E-state index is 0.474. The van der Waals surface area contributed by atoms with Crippen LogP contribution in [0.2, 0.25) is 0 Å². The maximum Gasteiger partial charge on any atom is 0.0576 e. The average Bonchev–Trinajstić information content (AvgIpc) is 2.69. The fourth-order valence-corrected chi connectivity index (χ4v) is 4.09. The molecule has 2 atom stereocenters. The summed E-state index contributed by atoms with van der Waals surface area (Å²) >= 11 is 11.4. The molecular weight excluding hydrogens is 375 g/mol. The molecule has 0 aromatic heterocycles. The molecule has 0 saturated heterocycles. The van der Waals surface area contributed by atoms with E-state index in [0.29, 0.717) is 12.2 Å². The van der Waals surface area contributed by atoms with Gasteiger partial charge in [-0.3, -0.25) is 0 Å². The first-order valence-corrected chi connectivity index (χ1v) is 13.1. The molecule has 0 radical (unpaired) electrons. The van der Waals surface area contributed by atoms with Crippen molar-refractivity contribution < 1.29 is 4.74 Å². The second-order valence-electron chi connectivity index (χ2n) is 8.10. The molecule has 27 heavy (non-hydrogen) atoms. The minimum Gasteiger partial charge on any atom is -0.375 e. The summed E-state index contributed by atoms with van der Waals surface area (Å²) in [5, 5.41) is 0. The van der Waals surface area contributed by atoms with Gasteiger partial charge in [0, 0.05) is 11.8 Å². The standard InChI is InChI=1S/C24H48Cl2O/c1-3-23(19-15-11-7-5-9-13-17-21-25)27-24(4-2)20-16-12-8-6-10-14-18-22-26/h23-24H,3-22H2,1-2H3. The summed E-state index contributed by atoms with van der Waals surface area (Å²) in [7, 11) is 0. The molecule has 2 unspecified atom stereocenters. The Balaban J connectivity index is 3.64. The highest BCUT2D eigenvalue weighted by atomic mass is 35.5. The van der Waals surface area contributed by atoms with Crippen molar-refractivity contribution in [3.05, 3.63) is 0 Å². The van der Waals surface area contributed by atoms with Gasteiger partial charge in [0.25, 0.3) is 0 Å². The largest absolute Gasteiger partial charge is 0.375 e. The van der Waals surface area contributed by atoms with Gasteiger partial charge in [-0.2, -0.15) is 0 Å². The number of unbranched alkanes of at least 4 members (excludes halogenated alkanes) is 12. The van der Waals surface area contributed by atoms with E-state index in [9.17, 15) is 0 Å². The van der Waals surface area contributed by atoms with Crippen molar-refractivity contribution in [3.63, 3.8) is 0 Å². The zero-order valence-electron chi connectivity index (χ0n) is 18.5. The Bertz CT molecular complexity index is 247. The second kappa shape index (κ2) is 22.8. The van der Waals surface area contributed by atoms with Gasteiger partial charge in [0.05, 0.1) is 12.2 Å². The van der Waals surface area contributed by atoms with Gasteiger partial charge in [-0.05, 0) is 38.5 Å². The summed E-state index contributed by atoms with van der Waals surface area (Å²) in [4.78, 5) is 0. The Morgan fingerprint density at radius 3 is 1.07 bits per heavy atom. The van der Waals surface area contributed by atoms with Crippen molar-refractivity contribution in [3.8, 4) is 0 Å². The zero-order valence-corrected chi connectivity index (χ0v) is 20.0. The number of rotatable bonds is 22. The van der Waals surface area contributed by atoms with Gasteiger partial charge >= 0.3 is 0 Å². The van der Waals surface area contributed by atoms with Gasteiger partial charge in [0.1, 0.15) is 0 Å². The lowest BCUT2D eigenvalue weighted by Gasteiger charge is -2.23. The fourth-order valence-electron chi connectivity index (χ4n) is 3.71. The van der Waals surface area contributed by atoms with Crippen molar-refractivity contribution >= 4 is 23.2 Å². The Hall–Kier alpha value is 0.540. The molecule has 164 valence electrons. The van der Waals surface area contributed by atoms with Gasteiger partial charge in [0.15, 0.2) is 0 Å². The summed E-state index contributed by atoms with van der Waals surface area (Å²) in [6, 6.07) is 0. The van der Waals surface area contributed by atoms with Crippen LogP contribution in [-0.2, 0) is 4.74 Å². The quantitative estimate of drug-likeness (QED) is 0.124. The lowest BCUT2D eigenvalue weighted by Crippen LogP contribution is -2.21. The first kappa shape index (κ1) is 27.5. The van der Waals surface area contributed by atoms with Crippen LogP contribution >= 0.6 is 23.2 Å². The van der Waals surface area contributed by atoms with Gasteiger partial charge in [-0.15, -0.1) is 23.2 Å². The molecule has 0 N–H and O–H groups in total. The predicted molar refractivity (Wildman–Crippen MR) is 125 cm³/mol. The van der Waals surface area contributed by atoms with Crippen LogP contribution in [0.1, 0.15) is 129 Å². The monoisotopic (exact) mass is 422 g/mol. The molecule has 0 heterocycles. The molecular formula is C24H48Cl2O. The average molecular weight is 424 g/mol. The molecule has 0 aromatic carbocycles. The van der Waals surface area contributed by atoms with Crippen LogP contribution in [-0.4, -0.2) is 24.0 Å². The number of halogens is 2. The molecule has 0 aromatic rings. The van der Waals surface area contributed by atoms with Crippen LogP contribution in [0.15, 0.2) is 0 Å². The maximum atomic E-state index is 6.44. The highest BCUT2D eigenvalue weighted by Gasteiger charge is 2.13. The number of ether oxygens (including phenoxy) is 1. The summed E-state index contributed by atoms with van der Waals surface area (Å²) in [5.74, 6) is 1.64. The predicted octanol–water partition coefficient (Wildman–Crippen LogP) is 9.28. The van der Waals surface area contributed by atoms with Gasteiger partial charge in [-0.25, -0.2) is 0 Å². The van der Waals surface area contributed by atoms with Crippen molar-refractivity contribution in [2.75, 3.05) is 11.8 Å². The lowest BCUT2D eigenvalue weighted by atomic mass is 10.0. The summed E-state index contributed by atoms with van der Waals surface area (Å²) < 4.78 is 6.44. The summed E-state index contributed by atoms with van der Waals surface area (Å²) in [6.07, 6.45) is 24.3. The van der Waals surface area contributed by atoms with Gasteiger partial charge in [0.2, 0.25) is 0 Å². The van der Waals surface area contributed by atoms with E-state index < -0.39 is 0 Å². The van der Waals surface area contributed by atoms with Crippen LogP contribution in [0.5, 0.6) is 0 Å². The summed E-state index contributed by atoms with van der Waals surface area (Å²) in [6.45, 7) is 4.56.